The zero-order valence-corrected chi connectivity index (χ0v) is 17.8. The van der Waals surface area contributed by atoms with E-state index in [2.05, 4.69) is 5.10 Å². The van der Waals surface area contributed by atoms with Crippen molar-refractivity contribution in [1.29, 1.82) is 0 Å². The molecule has 0 unspecified atom stereocenters. The normalized spacial score (nSPS) is 18.2. The van der Waals surface area contributed by atoms with Crippen LogP contribution in [0.15, 0.2) is 18.2 Å². The molecule has 28 heavy (non-hydrogen) atoms. The Morgan fingerprint density at radius 3 is 2.64 bits per heavy atom. The minimum atomic E-state index is -2.98. The van der Waals surface area contributed by atoms with Gasteiger partial charge in [-0.25, -0.2) is 8.42 Å². The number of carbonyl (C=O) groups excluding carboxylic acids is 1. The Morgan fingerprint density at radius 1 is 1.32 bits per heavy atom. The molecule has 1 fully saturated rings. The van der Waals surface area contributed by atoms with Crippen molar-refractivity contribution in [3.8, 4) is 5.75 Å². The lowest BCUT2D eigenvalue weighted by Crippen LogP contribution is -2.27. The fourth-order valence-electron chi connectivity index (χ4n) is 3.73. The van der Waals surface area contributed by atoms with Gasteiger partial charge in [0.1, 0.15) is 5.75 Å². The third-order valence-electron chi connectivity index (χ3n) is 5.43. The van der Waals surface area contributed by atoms with E-state index in [1.54, 1.807) is 31.2 Å². The average Bonchev–Trinajstić information content (AvgIpc) is 3.14. The summed E-state index contributed by atoms with van der Waals surface area (Å²) in [7, 11) is 0.359. The van der Waals surface area contributed by atoms with Crippen LogP contribution in [0.25, 0.3) is 0 Å². The Kier molecular flexibility index (Phi) is 5.52. The monoisotopic (exact) mass is 405 g/mol. The summed E-state index contributed by atoms with van der Waals surface area (Å²) in [6.07, 6.45) is 0.585. The van der Waals surface area contributed by atoms with Gasteiger partial charge in [-0.05, 0) is 44.9 Å². The molecular formula is C20H27N3O4S. The third-order valence-corrected chi connectivity index (χ3v) is 7.18. The number of ether oxygens (including phenoxy) is 1. The molecule has 0 aliphatic carbocycles. The zero-order valence-electron chi connectivity index (χ0n) is 17.0. The van der Waals surface area contributed by atoms with Gasteiger partial charge in [0.05, 0.1) is 30.4 Å². The maximum atomic E-state index is 12.9. The van der Waals surface area contributed by atoms with Crippen LogP contribution in [0.3, 0.4) is 0 Å². The summed E-state index contributed by atoms with van der Waals surface area (Å²) in [5.41, 5.74) is 4.23. The minimum absolute atomic E-state index is 0.103. The van der Waals surface area contributed by atoms with Gasteiger partial charge in [0.15, 0.2) is 9.84 Å². The van der Waals surface area contributed by atoms with E-state index >= 15 is 0 Å². The largest absolute Gasteiger partial charge is 0.496 e. The molecule has 1 amide bonds. The molecule has 3 rings (SSSR count). The van der Waals surface area contributed by atoms with Crippen LogP contribution in [0.2, 0.25) is 0 Å². The van der Waals surface area contributed by atoms with Gasteiger partial charge in [-0.1, -0.05) is 6.07 Å². The molecule has 1 aromatic carbocycles. The number of sulfone groups is 1. The minimum Gasteiger partial charge on any atom is -0.496 e. The summed E-state index contributed by atoms with van der Waals surface area (Å²) in [4.78, 5) is 14.5. The summed E-state index contributed by atoms with van der Waals surface area (Å²) < 4.78 is 30.8. The molecular weight excluding hydrogens is 378 g/mol. The summed E-state index contributed by atoms with van der Waals surface area (Å²) in [5.74, 6) is 0.917. The van der Waals surface area contributed by atoms with Gasteiger partial charge in [-0.3, -0.25) is 9.48 Å². The van der Waals surface area contributed by atoms with Gasteiger partial charge in [0.25, 0.3) is 5.91 Å². The van der Waals surface area contributed by atoms with E-state index in [1.807, 2.05) is 31.5 Å². The van der Waals surface area contributed by atoms with Crippen LogP contribution in [0.4, 0.5) is 0 Å². The molecule has 1 atom stereocenters. The van der Waals surface area contributed by atoms with Crippen molar-refractivity contribution in [2.24, 2.45) is 0 Å². The van der Waals surface area contributed by atoms with Crippen molar-refractivity contribution in [2.75, 3.05) is 25.7 Å². The van der Waals surface area contributed by atoms with E-state index in [4.69, 9.17) is 4.74 Å². The second-order valence-electron chi connectivity index (χ2n) is 7.50. The fraction of sp³-hybridized carbons (Fsp3) is 0.500. The van der Waals surface area contributed by atoms with Crippen LogP contribution in [-0.4, -0.2) is 54.7 Å². The van der Waals surface area contributed by atoms with Gasteiger partial charge in [0, 0.05) is 30.4 Å². The first-order valence-corrected chi connectivity index (χ1v) is 11.1. The van der Waals surface area contributed by atoms with Crippen LogP contribution in [0, 0.1) is 20.8 Å². The Hall–Kier alpha value is -2.35. The highest BCUT2D eigenvalue weighted by Crippen LogP contribution is 2.27. The van der Waals surface area contributed by atoms with Crippen LogP contribution < -0.4 is 4.74 Å². The Morgan fingerprint density at radius 2 is 2.04 bits per heavy atom. The molecule has 152 valence electrons. The molecule has 1 saturated heterocycles. The number of amides is 1. The fourth-order valence-corrected chi connectivity index (χ4v) is 5.42. The number of nitrogens with zero attached hydrogens (tertiary/aromatic N) is 3. The lowest BCUT2D eigenvalue weighted by molar-refractivity contribution is 0.0784. The molecule has 1 aliphatic rings. The number of rotatable bonds is 5. The van der Waals surface area contributed by atoms with E-state index < -0.39 is 9.84 Å². The first-order valence-electron chi connectivity index (χ1n) is 9.28. The first-order chi connectivity index (χ1) is 13.1. The van der Waals surface area contributed by atoms with Crippen molar-refractivity contribution in [3.05, 3.63) is 46.3 Å². The van der Waals surface area contributed by atoms with E-state index in [-0.39, 0.29) is 23.5 Å². The highest BCUT2D eigenvalue weighted by molar-refractivity contribution is 7.91. The molecule has 0 radical (unpaired) electrons. The lowest BCUT2D eigenvalue weighted by Gasteiger charge is -2.19. The van der Waals surface area contributed by atoms with E-state index in [1.165, 1.54) is 0 Å². The summed E-state index contributed by atoms with van der Waals surface area (Å²) >= 11 is 0. The predicted molar refractivity (Wildman–Crippen MR) is 108 cm³/mol. The Balaban J connectivity index is 1.81. The third kappa shape index (κ3) is 3.92. The number of aromatic nitrogens is 2. The maximum Gasteiger partial charge on any atom is 0.254 e. The SMILES string of the molecule is COc1cc(C(=O)N(C)Cc2c(C)nn([C@@H]3CCS(=O)(=O)C3)c2C)ccc1C. The van der Waals surface area contributed by atoms with Crippen LogP contribution in [-0.2, 0) is 16.4 Å². The smallest absolute Gasteiger partial charge is 0.254 e. The molecule has 0 N–H and O–H groups in total. The van der Waals surface area contributed by atoms with Crippen LogP contribution >= 0.6 is 0 Å². The first kappa shape index (κ1) is 20.4. The number of methoxy groups -OCH3 is 1. The van der Waals surface area contributed by atoms with Crippen LogP contribution in [0.1, 0.15) is 45.3 Å². The van der Waals surface area contributed by atoms with Gasteiger partial charge in [0.2, 0.25) is 0 Å². The molecule has 0 bridgehead atoms. The molecule has 2 aromatic rings. The number of hydrogen-bond donors (Lipinski definition) is 0. The van der Waals surface area contributed by atoms with E-state index in [0.29, 0.717) is 24.3 Å². The zero-order chi connectivity index (χ0) is 20.6. The summed E-state index contributed by atoms with van der Waals surface area (Å²) in [5, 5.41) is 4.58. The number of aryl methyl sites for hydroxylation is 2. The van der Waals surface area contributed by atoms with Crippen molar-refractivity contribution in [1.82, 2.24) is 14.7 Å². The average molecular weight is 406 g/mol. The summed E-state index contributed by atoms with van der Waals surface area (Å²) in [6, 6.07) is 5.29. The van der Waals surface area contributed by atoms with Gasteiger partial charge >= 0.3 is 0 Å². The number of benzene rings is 1. The van der Waals surface area contributed by atoms with Crippen LogP contribution in [0.5, 0.6) is 5.75 Å². The van der Waals surface area contributed by atoms with Crippen molar-refractivity contribution >= 4 is 15.7 Å². The predicted octanol–water partition coefficient (Wildman–Crippen LogP) is 2.45. The van der Waals surface area contributed by atoms with Gasteiger partial charge < -0.3 is 9.64 Å². The van der Waals surface area contributed by atoms with Crippen molar-refractivity contribution < 1.29 is 17.9 Å². The van der Waals surface area contributed by atoms with Crippen molar-refractivity contribution in [3.63, 3.8) is 0 Å². The molecule has 0 saturated carbocycles. The molecule has 7 nitrogen and oxygen atoms in total. The Labute approximate surface area is 166 Å². The standard InChI is InChI=1S/C20H27N3O4S/c1-13-6-7-16(10-19(13)27-5)20(24)22(4)11-18-14(2)21-23(15(18)3)17-8-9-28(25,26)12-17/h6-7,10,17H,8-9,11-12H2,1-5H3/t17-/m1/s1. The quantitative estimate of drug-likeness (QED) is 0.763. The molecule has 0 spiro atoms. The number of carbonyl (C=O) groups is 1. The second-order valence-corrected chi connectivity index (χ2v) is 9.73. The molecule has 2 heterocycles. The maximum absolute atomic E-state index is 12.9. The lowest BCUT2D eigenvalue weighted by atomic mass is 10.1. The van der Waals surface area contributed by atoms with Crippen molar-refractivity contribution in [2.45, 2.75) is 39.8 Å². The van der Waals surface area contributed by atoms with Gasteiger partial charge in [-0.2, -0.15) is 5.10 Å². The van der Waals surface area contributed by atoms with E-state index in [9.17, 15) is 13.2 Å². The van der Waals surface area contributed by atoms with Gasteiger partial charge in [-0.15, -0.1) is 0 Å². The highest BCUT2D eigenvalue weighted by atomic mass is 32.2. The molecule has 1 aromatic heterocycles. The number of hydrogen-bond acceptors (Lipinski definition) is 5. The molecule has 1 aliphatic heterocycles. The second kappa shape index (κ2) is 7.58. The highest BCUT2D eigenvalue weighted by Gasteiger charge is 2.31. The Bertz CT molecular complexity index is 1010. The van der Waals surface area contributed by atoms with E-state index in [0.717, 1.165) is 22.5 Å². The summed E-state index contributed by atoms with van der Waals surface area (Å²) in [6.45, 7) is 6.18. The topological polar surface area (TPSA) is 81.5 Å². The molecule has 8 heteroatoms.